The summed E-state index contributed by atoms with van der Waals surface area (Å²) in [5, 5.41) is 18.5. The fraction of sp³-hybridized carbons (Fsp3) is 0.293. The number of hydrogen-bond acceptors (Lipinski definition) is 8. The first kappa shape index (κ1) is 34.8. The molecule has 9 rings (SSSR count). The normalized spacial score (nSPS) is 26.3. The summed E-state index contributed by atoms with van der Waals surface area (Å²) >= 11 is 14.0. The number of aryl methyl sites for hydroxylation is 2. The predicted molar refractivity (Wildman–Crippen MR) is 207 cm³/mol. The van der Waals surface area contributed by atoms with Crippen LogP contribution >= 0.6 is 34.5 Å². The fourth-order valence-electron chi connectivity index (χ4n) is 9.57. The highest BCUT2D eigenvalue weighted by Crippen LogP contribution is 2.65. The van der Waals surface area contributed by atoms with Crippen molar-refractivity contribution in [2.75, 3.05) is 16.9 Å². The van der Waals surface area contributed by atoms with Crippen LogP contribution in [0, 0.1) is 36.0 Å². The van der Waals surface area contributed by atoms with Gasteiger partial charge in [0.15, 0.2) is 11.5 Å². The van der Waals surface area contributed by atoms with Crippen LogP contribution < -0.4 is 14.5 Å². The number of aromatic hydroxyl groups is 1. The lowest BCUT2D eigenvalue weighted by Crippen LogP contribution is -2.49. The summed E-state index contributed by atoms with van der Waals surface area (Å²) in [4.78, 5) is 61.7. The van der Waals surface area contributed by atoms with Crippen molar-refractivity contribution < 1.29 is 29.0 Å². The highest BCUT2D eigenvalue weighted by molar-refractivity contribution is 7.22. The SMILES string of the molecule is COc1cccc([C@H]2C3=CC[C@@H]4C(=O)N(c5ccc(Cl)cc5)C(=O)[C@@H]4[C@@H]3C[C@H]3C(=O)N(c4cc(-c5sc6ccc(Cl)cc6c5C)nn4C)C(=O)[C@@]23C)c1O. The van der Waals surface area contributed by atoms with E-state index in [4.69, 9.17) is 33.0 Å². The van der Waals surface area contributed by atoms with Gasteiger partial charge in [0, 0.05) is 39.3 Å². The Labute approximate surface area is 324 Å². The molecule has 3 aromatic carbocycles. The topological polar surface area (TPSA) is 122 Å². The molecule has 0 unspecified atom stereocenters. The molecular weight excluding hydrogens is 747 g/mol. The Morgan fingerprint density at radius 1 is 0.926 bits per heavy atom. The number of rotatable bonds is 5. The molecule has 54 heavy (non-hydrogen) atoms. The van der Waals surface area contributed by atoms with E-state index in [1.165, 1.54) is 16.9 Å². The first-order valence-electron chi connectivity index (χ1n) is 17.7. The fourth-order valence-corrected chi connectivity index (χ4v) is 11.0. The molecule has 3 fully saturated rings. The Kier molecular flexibility index (Phi) is 7.91. The molecule has 2 aliphatic heterocycles. The third kappa shape index (κ3) is 4.74. The van der Waals surface area contributed by atoms with Gasteiger partial charge in [-0.05, 0) is 92.1 Å². The first-order valence-corrected chi connectivity index (χ1v) is 19.2. The van der Waals surface area contributed by atoms with Crippen LogP contribution in [0.15, 0.2) is 78.4 Å². The summed E-state index contributed by atoms with van der Waals surface area (Å²) in [6.45, 7) is 3.78. The Bertz CT molecular complexity index is 2510. The van der Waals surface area contributed by atoms with E-state index in [9.17, 15) is 19.5 Å². The molecule has 1 saturated carbocycles. The summed E-state index contributed by atoms with van der Waals surface area (Å²) in [6, 6.07) is 19.1. The van der Waals surface area contributed by atoms with Gasteiger partial charge in [0.05, 0.1) is 40.8 Å². The van der Waals surface area contributed by atoms with Crippen LogP contribution in [0.3, 0.4) is 0 Å². The molecule has 6 atom stereocenters. The summed E-state index contributed by atoms with van der Waals surface area (Å²) in [5.41, 5.74) is 1.83. The number of fused-ring (bicyclic) bond motifs is 5. The van der Waals surface area contributed by atoms with Crippen molar-refractivity contribution in [3.8, 4) is 22.1 Å². The van der Waals surface area contributed by atoms with Crippen LogP contribution in [0.2, 0.25) is 10.0 Å². The lowest BCUT2D eigenvalue weighted by Gasteiger charge is -2.49. The van der Waals surface area contributed by atoms with E-state index < -0.39 is 46.8 Å². The summed E-state index contributed by atoms with van der Waals surface area (Å²) in [6.07, 6.45) is 2.39. The minimum Gasteiger partial charge on any atom is -0.504 e. The second kappa shape index (κ2) is 12.3. The minimum atomic E-state index is -1.37. The third-order valence-corrected chi connectivity index (χ3v) is 13.9. The van der Waals surface area contributed by atoms with E-state index in [2.05, 4.69) is 0 Å². The molecule has 0 bridgehead atoms. The highest BCUT2D eigenvalue weighted by atomic mass is 35.5. The number of imide groups is 2. The molecule has 4 amide bonds. The molecule has 2 saturated heterocycles. The van der Waals surface area contributed by atoms with Crippen LogP contribution in [0.25, 0.3) is 20.7 Å². The molecule has 2 aliphatic carbocycles. The number of nitrogens with zero attached hydrogens (tertiary/aromatic N) is 4. The number of phenols is 1. The number of allylic oxidation sites excluding steroid dienone is 2. The number of amides is 4. The Hall–Kier alpha value is -4.97. The Morgan fingerprint density at radius 2 is 1.67 bits per heavy atom. The van der Waals surface area contributed by atoms with Gasteiger partial charge in [0.2, 0.25) is 23.6 Å². The minimum absolute atomic E-state index is 0.146. The van der Waals surface area contributed by atoms with Gasteiger partial charge in [0.1, 0.15) is 11.5 Å². The van der Waals surface area contributed by atoms with E-state index in [0.29, 0.717) is 32.8 Å². The maximum absolute atomic E-state index is 15.1. The maximum Gasteiger partial charge on any atom is 0.242 e. The molecule has 5 aromatic rings. The van der Waals surface area contributed by atoms with Crippen LogP contribution in [0.5, 0.6) is 11.5 Å². The van der Waals surface area contributed by atoms with Gasteiger partial charge in [-0.25, -0.2) is 4.90 Å². The number of halogens is 2. The van der Waals surface area contributed by atoms with E-state index in [1.807, 2.05) is 31.2 Å². The average molecular weight is 782 g/mol. The van der Waals surface area contributed by atoms with Crippen molar-refractivity contribution in [3.05, 3.63) is 99.6 Å². The van der Waals surface area contributed by atoms with Gasteiger partial charge in [-0.1, -0.05) is 47.0 Å². The summed E-state index contributed by atoms with van der Waals surface area (Å²) in [5.74, 6) is -4.80. The monoisotopic (exact) mass is 780 g/mol. The summed E-state index contributed by atoms with van der Waals surface area (Å²) in [7, 11) is 3.15. The van der Waals surface area contributed by atoms with Crippen LogP contribution in [-0.2, 0) is 26.2 Å². The van der Waals surface area contributed by atoms with Gasteiger partial charge >= 0.3 is 0 Å². The van der Waals surface area contributed by atoms with Crippen molar-refractivity contribution >= 4 is 79.8 Å². The van der Waals surface area contributed by atoms with E-state index in [0.717, 1.165) is 26.1 Å². The van der Waals surface area contributed by atoms with Gasteiger partial charge in [-0.2, -0.15) is 5.10 Å². The van der Waals surface area contributed by atoms with E-state index >= 15 is 4.79 Å². The van der Waals surface area contributed by atoms with Gasteiger partial charge in [-0.15, -0.1) is 11.3 Å². The lowest BCUT2D eigenvalue weighted by atomic mass is 9.51. The van der Waals surface area contributed by atoms with Crippen LogP contribution in [0.4, 0.5) is 11.5 Å². The molecule has 4 aliphatic rings. The standard InChI is InChI=1S/C41H34Cl2N4O6S/c1-19-26-16-21(43)10-15-31(26)54-36(19)29-18-32(45(3)44-29)47-38(50)28-17-27-23(34(41(28,2)40(47)52)25-6-5-7-30(53-4)35(25)48)13-14-24-33(27)39(51)46(37(24)49)22-11-8-20(42)9-12-22/h5-13,15-16,18,24,27-28,33-34,48H,14,17H2,1-4H3/t24-,27+,28-,33-,34+,41+/m0/s1. The van der Waals surface area contributed by atoms with Crippen LogP contribution in [0.1, 0.15) is 36.8 Å². The highest BCUT2D eigenvalue weighted by Gasteiger charge is 2.68. The molecule has 0 radical (unpaired) electrons. The second-order valence-electron chi connectivity index (χ2n) is 14.8. The number of hydrogen-bond donors (Lipinski definition) is 1. The van der Waals surface area contributed by atoms with Crippen molar-refractivity contribution in [2.24, 2.45) is 36.1 Å². The number of ether oxygens (including phenoxy) is 1. The van der Waals surface area contributed by atoms with Gasteiger partial charge < -0.3 is 9.84 Å². The molecule has 1 N–H and O–H groups in total. The quantitative estimate of drug-likeness (QED) is 0.141. The molecule has 274 valence electrons. The van der Waals surface area contributed by atoms with Crippen LogP contribution in [-0.4, -0.2) is 45.6 Å². The number of methoxy groups -OCH3 is 1. The zero-order chi connectivity index (χ0) is 38.0. The largest absolute Gasteiger partial charge is 0.504 e. The number of carbonyl (C=O) groups is 4. The molecular formula is C41H34Cl2N4O6S. The van der Waals surface area contributed by atoms with Crippen molar-refractivity contribution in [1.29, 1.82) is 0 Å². The van der Waals surface area contributed by atoms with E-state index in [1.54, 1.807) is 78.5 Å². The Balaban J connectivity index is 1.17. The Morgan fingerprint density at radius 3 is 2.41 bits per heavy atom. The van der Waals surface area contributed by atoms with Gasteiger partial charge in [0.25, 0.3) is 0 Å². The zero-order valence-corrected chi connectivity index (χ0v) is 32.0. The molecule has 13 heteroatoms. The molecule has 0 spiro atoms. The number of anilines is 2. The van der Waals surface area contributed by atoms with Crippen molar-refractivity contribution in [3.63, 3.8) is 0 Å². The number of phenolic OH excluding ortho intramolecular Hbond substituents is 1. The maximum atomic E-state index is 15.1. The smallest absolute Gasteiger partial charge is 0.242 e. The number of carbonyl (C=O) groups excluding carboxylic acids is 4. The van der Waals surface area contributed by atoms with Crippen molar-refractivity contribution in [2.45, 2.75) is 32.6 Å². The lowest BCUT2D eigenvalue weighted by molar-refractivity contribution is -0.131. The molecule has 4 heterocycles. The molecule has 2 aromatic heterocycles. The zero-order valence-electron chi connectivity index (χ0n) is 29.7. The first-order chi connectivity index (χ1) is 25.8. The van der Waals surface area contributed by atoms with E-state index in [-0.39, 0.29) is 36.2 Å². The summed E-state index contributed by atoms with van der Waals surface area (Å²) < 4.78 is 8.09. The number of para-hydroxylation sites is 1. The third-order valence-electron chi connectivity index (χ3n) is 12.1. The number of benzene rings is 3. The van der Waals surface area contributed by atoms with Gasteiger partial charge in [-0.3, -0.25) is 28.8 Å². The van der Waals surface area contributed by atoms with Crippen molar-refractivity contribution in [1.82, 2.24) is 9.78 Å². The predicted octanol–water partition coefficient (Wildman–Crippen LogP) is 8.07. The number of thiophene rings is 1. The average Bonchev–Trinajstić information content (AvgIpc) is 3.82. The molecule has 10 nitrogen and oxygen atoms in total. The second-order valence-corrected chi connectivity index (χ2v) is 16.7. The number of aromatic nitrogens is 2.